The number of ether oxygens (including phenoxy) is 2. The maximum absolute atomic E-state index is 12.4. The van der Waals surface area contributed by atoms with E-state index in [1.807, 2.05) is 6.07 Å². The third-order valence-electron chi connectivity index (χ3n) is 5.23. The van der Waals surface area contributed by atoms with Crippen LogP contribution in [0.1, 0.15) is 25.3 Å². The van der Waals surface area contributed by atoms with E-state index in [4.69, 9.17) is 9.47 Å². The molecular weight excluding hydrogens is 300 g/mol. The third-order valence-corrected chi connectivity index (χ3v) is 6.37. The molecule has 3 fully saturated rings. The highest BCUT2D eigenvalue weighted by atomic mass is 32.2. The van der Waals surface area contributed by atoms with Crippen molar-refractivity contribution in [2.45, 2.75) is 49.3 Å². The van der Waals surface area contributed by atoms with E-state index < -0.39 is 17.7 Å². The number of fused-ring (bicyclic) bond motifs is 2. The Kier molecular flexibility index (Phi) is 3.21. The normalized spacial score (nSPS) is 42.9. The van der Waals surface area contributed by atoms with Gasteiger partial charge in [-0.3, -0.25) is 4.79 Å². The Morgan fingerprint density at radius 3 is 3.00 bits per heavy atom. The van der Waals surface area contributed by atoms with Crippen molar-refractivity contribution in [2.24, 2.45) is 11.8 Å². The number of Topliss-reactive ketones (excluding diaryl/α,β-unsaturated/α-hetero) is 1. The Morgan fingerprint density at radius 2 is 2.23 bits per heavy atom. The topological polar surface area (TPSA) is 55.8 Å². The number of aliphatic hydroxyl groups is 1. The molecular formula is C17H20O4S. The first-order valence-electron chi connectivity index (χ1n) is 7.70. The number of hydrogen-bond donors (Lipinski definition) is 1. The summed E-state index contributed by atoms with van der Waals surface area (Å²) in [4.78, 5) is 13.6. The van der Waals surface area contributed by atoms with Gasteiger partial charge in [0, 0.05) is 35.3 Å². The smallest absolute Gasteiger partial charge is 0.198 e. The van der Waals surface area contributed by atoms with Gasteiger partial charge in [-0.1, -0.05) is 17.7 Å². The highest BCUT2D eigenvalue weighted by Crippen LogP contribution is 2.56. The molecule has 22 heavy (non-hydrogen) atoms. The van der Waals surface area contributed by atoms with Crippen molar-refractivity contribution in [2.75, 3.05) is 5.75 Å². The lowest BCUT2D eigenvalue weighted by Crippen LogP contribution is -2.59. The number of carbonyl (C=O) groups excluding carboxylic acids is 1. The van der Waals surface area contributed by atoms with Gasteiger partial charge in [-0.2, -0.15) is 0 Å². The summed E-state index contributed by atoms with van der Waals surface area (Å²) in [6, 6.07) is 8.33. The van der Waals surface area contributed by atoms with E-state index >= 15 is 0 Å². The predicted molar refractivity (Wildman–Crippen MR) is 82.4 cm³/mol. The van der Waals surface area contributed by atoms with Crippen LogP contribution >= 0.6 is 11.8 Å². The molecule has 2 aliphatic heterocycles. The summed E-state index contributed by atoms with van der Waals surface area (Å²) < 4.78 is 11.7. The monoisotopic (exact) mass is 320 g/mol. The molecule has 5 atom stereocenters. The van der Waals surface area contributed by atoms with Gasteiger partial charge in [0.25, 0.3) is 0 Å². The average Bonchev–Trinajstić information content (AvgIpc) is 2.60. The number of aryl methyl sites for hydroxylation is 1. The average molecular weight is 320 g/mol. The Labute approximate surface area is 134 Å². The van der Waals surface area contributed by atoms with Crippen LogP contribution in [0.5, 0.6) is 0 Å². The van der Waals surface area contributed by atoms with Crippen LogP contribution in [0.2, 0.25) is 0 Å². The van der Waals surface area contributed by atoms with Crippen molar-refractivity contribution >= 4 is 17.5 Å². The van der Waals surface area contributed by atoms with Crippen molar-refractivity contribution in [3.8, 4) is 0 Å². The predicted octanol–water partition coefficient (Wildman–Crippen LogP) is 2.52. The van der Waals surface area contributed by atoms with Gasteiger partial charge in [0.15, 0.2) is 12.1 Å². The second-order valence-electron chi connectivity index (χ2n) is 6.86. The van der Waals surface area contributed by atoms with Gasteiger partial charge in [0.1, 0.15) is 11.4 Å². The van der Waals surface area contributed by atoms with Gasteiger partial charge in [-0.05, 0) is 26.0 Å². The Balaban J connectivity index is 1.55. The highest BCUT2D eigenvalue weighted by Gasteiger charge is 2.69. The van der Waals surface area contributed by atoms with Gasteiger partial charge in [0.05, 0.1) is 0 Å². The summed E-state index contributed by atoms with van der Waals surface area (Å²) >= 11 is 1.72. The van der Waals surface area contributed by atoms with Crippen LogP contribution in [0.15, 0.2) is 29.2 Å². The number of hydrogen-bond acceptors (Lipinski definition) is 5. The Hall–Kier alpha value is -0.880. The zero-order valence-corrected chi connectivity index (χ0v) is 13.6. The minimum absolute atomic E-state index is 0.00242. The lowest BCUT2D eigenvalue weighted by atomic mass is 9.70. The second-order valence-corrected chi connectivity index (χ2v) is 7.96. The van der Waals surface area contributed by atoms with Crippen LogP contribution in [-0.2, 0) is 14.3 Å². The van der Waals surface area contributed by atoms with E-state index in [1.165, 1.54) is 10.5 Å². The van der Waals surface area contributed by atoms with Crippen LogP contribution in [-0.4, -0.2) is 34.3 Å². The minimum atomic E-state index is -1.29. The third kappa shape index (κ3) is 2.07. The number of carbonyl (C=O) groups is 1. The quantitative estimate of drug-likeness (QED) is 0.867. The fraction of sp³-hybridized carbons (Fsp3) is 0.588. The molecule has 2 heterocycles. The van der Waals surface area contributed by atoms with Crippen molar-refractivity contribution in [3.05, 3.63) is 29.8 Å². The number of thioether (sulfide) groups is 1. The molecule has 0 spiro atoms. The van der Waals surface area contributed by atoms with E-state index in [9.17, 15) is 9.90 Å². The maximum atomic E-state index is 12.4. The SMILES string of the molecule is Cc1cccc(SC[C@@H]2[C@@H]3O[C@]4(O)C[C@H]2C(=O)C[C@]4(C)O3)c1. The molecule has 1 aliphatic carbocycles. The number of ketones is 1. The molecule has 1 aromatic carbocycles. The summed E-state index contributed by atoms with van der Waals surface area (Å²) in [5.74, 6) is -0.482. The molecule has 3 bridgehead atoms. The summed E-state index contributed by atoms with van der Waals surface area (Å²) in [7, 11) is 0. The standard InChI is InChI=1S/C17H20O4S/c1-10-4-3-5-11(6-10)22-9-13-12-7-17(19)16(2,8-14(12)18)20-15(13)21-17/h3-6,12-13,15,19H,7-9H2,1-2H3/t12-,13+,15+,16+,17-/m1/s1. The first kappa shape index (κ1) is 14.7. The molecule has 118 valence electrons. The van der Waals surface area contributed by atoms with Gasteiger partial charge in [-0.15, -0.1) is 11.8 Å². The van der Waals surface area contributed by atoms with E-state index in [0.29, 0.717) is 6.42 Å². The van der Waals surface area contributed by atoms with Crippen molar-refractivity contribution in [1.29, 1.82) is 0 Å². The molecule has 1 saturated carbocycles. The van der Waals surface area contributed by atoms with Crippen LogP contribution in [0.3, 0.4) is 0 Å². The van der Waals surface area contributed by atoms with Crippen LogP contribution < -0.4 is 0 Å². The Bertz CT molecular complexity index is 633. The van der Waals surface area contributed by atoms with Gasteiger partial charge >= 0.3 is 0 Å². The number of rotatable bonds is 3. The molecule has 4 rings (SSSR count). The maximum Gasteiger partial charge on any atom is 0.198 e. The van der Waals surface area contributed by atoms with E-state index in [1.54, 1.807) is 18.7 Å². The van der Waals surface area contributed by atoms with Gasteiger partial charge in [-0.25, -0.2) is 0 Å². The number of benzene rings is 1. The largest absolute Gasteiger partial charge is 0.363 e. The lowest BCUT2D eigenvalue weighted by Gasteiger charge is -2.45. The van der Waals surface area contributed by atoms with Crippen LogP contribution in [0.4, 0.5) is 0 Å². The molecule has 3 aliphatic rings. The minimum Gasteiger partial charge on any atom is -0.363 e. The van der Waals surface area contributed by atoms with E-state index in [0.717, 1.165) is 5.75 Å². The molecule has 4 nitrogen and oxygen atoms in total. The van der Waals surface area contributed by atoms with Gasteiger partial charge in [0.2, 0.25) is 0 Å². The summed E-state index contributed by atoms with van der Waals surface area (Å²) in [6.45, 7) is 3.86. The molecule has 1 aromatic rings. The first-order valence-corrected chi connectivity index (χ1v) is 8.69. The summed E-state index contributed by atoms with van der Waals surface area (Å²) in [6.07, 6.45) is 0.131. The Morgan fingerprint density at radius 1 is 1.41 bits per heavy atom. The molecule has 0 unspecified atom stereocenters. The lowest BCUT2D eigenvalue weighted by molar-refractivity contribution is -0.266. The summed E-state index contributed by atoms with van der Waals surface area (Å²) in [5, 5.41) is 10.6. The fourth-order valence-electron chi connectivity index (χ4n) is 3.86. The zero-order valence-electron chi connectivity index (χ0n) is 12.7. The first-order chi connectivity index (χ1) is 10.4. The molecule has 0 aromatic heterocycles. The van der Waals surface area contributed by atoms with Crippen molar-refractivity contribution in [1.82, 2.24) is 0 Å². The zero-order chi connectivity index (χ0) is 15.5. The molecule has 1 N–H and O–H groups in total. The second kappa shape index (κ2) is 4.81. The van der Waals surface area contributed by atoms with E-state index in [-0.39, 0.29) is 24.0 Å². The highest BCUT2D eigenvalue weighted by molar-refractivity contribution is 7.99. The van der Waals surface area contributed by atoms with Crippen LogP contribution in [0.25, 0.3) is 0 Å². The fourth-order valence-corrected chi connectivity index (χ4v) is 5.07. The van der Waals surface area contributed by atoms with Crippen molar-refractivity contribution < 1.29 is 19.4 Å². The molecule has 2 saturated heterocycles. The summed E-state index contributed by atoms with van der Waals surface area (Å²) in [5.41, 5.74) is 0.342. The van der Waals surface area contributed by atoms with Crippen molar-refractivity contribution in [3.63, 3.8) is 0 Å². The molecule has 0 amide bonds. The van der Waals surface area contributed by atoms with Crippen LogP contribution in [0, 0.1) is 18.8 Å². The van der Waals surface area contributed by atoms with Gasteiger partial charge < -0.3 is 14.6 Å². The molecule has 0 radical (unpaired) electrons. The molecule has 5 heteroatoms. The van der Waals surface area contributed by atoms with E-state index in [2.05, 4.69) is 25.1 Å².